The zero-order valence-electron chi connectivity index (χ0n) is 10.4. The fourth-order valence-corrected chi connectivity index (χ4v) is 2.04. The molecule has 0 radical (unpaired) electrons. The van der Waals surface area contributed by atoms with Crippen molar-refractivity contribution in [1.29, 1.82) is 0 Å². The van der Waals surface area contributed by atoms with Gasteiger partial charge in [-0.3, -0.25) is 0 Å². The standard InChI is InChI=1S/C13H17ClN4/c1-2-18-13(10-15-17-18)16-12(9-14)8-11-6-4-3-5-7-11/h3-7,10,12,16H,2,8-9H2,1H3. The second-order valence-electron chi connectivity index (χ2n) is 4.12. The zero-order valence-corrected chi connectivity index (χ0v) is 11.1. The van der Waals surface area contributed by atoms with Gasteiger partial charge in [-0.2, -0.15) is 0 Å². The molecule has 0 fully saturated rings. The maximum atomic E-state index is 6.02. The number of alkyl halides is 1. The molecule has 2 aromatic rings. The second-order valence-corrected chi connectivity index (χ2v) is 4.43. The van der Waals surface area contributed by atoms with E-state index in [2.05, 4.69) is 27.8 Å². The van der Waals surface area contributed by atoms with Crippen molar-refractivity contribution in [2.24, 2.45) is 0 Å². The van der Waals surface area contributed by atoms with E-state index in [1.54, 1.807) is 6.20 Å². The minimum atomic E-state index is 0.179. The highest BCUT2D eigenvalue weighted by atomic mass is 35.5. The van der Waals surface area contributed by atoms with Crippen LogP contribution in [0.15, 0.2) is 36.5 Å². The molecular weight excluding hydrogens is 248 g/mol. The van der Waals surface area contributed by atoms with Gasteiger partial charge < -0.3 is 5.32 Å². The molecular formula is C13H17ClN4. The van der Waals surface area contributed by atoms with Crippen molar-refractivity contribution in [3.63, 3.8) is 0 Å². The summed E-state index contributed by atoms with van der Waals surface area (Å²) in [6.45, 7) is 2.83. The van der Waals surface area contributed by atoms with E-state index in [-0.39, 0.29) is 6.04 Å². The first kappa shape index (κ1) is 12.9. The summed E-state index contributed by atoms with van der Waals surface area (Å²) in [7, 11) is 0. The average Bonchev–Trinajstić information content (AvgIpc) is 2.86. The molecule has 0 spiro atoms. The van der Waals surface area contributed by atoms with Gasteiger partial charge in [-0.25, -0.2) is 4.68 Å². The smallest absolute Gasteiger partial charge is 0.145 e. The monoisotopic (exact) mass is 264 g/mol. The van der Waals surface area contributed by atoms with E-state index < -0.39 is 0 Å². The Morgan fingerprint density at radius 3 is 2.78 bits per heavy atom. The van der Waals surface area contributed by atoms with Crippen LogP contribution in [0, 0.1) is 0 Å². The summed E-state index contributed by atoms with van der Waals surface area (Å²) in [6.07, 6.45) is 2.62. The predicted octanol–water partition coefficient (Wildman–Crippen LogP) is 2.56. The number of hydrogen-bond donors (Lipinski definition) is 1. The summed E-state index contributed by atoms with van der Waals surface area (Å²) in [5, 5.41) is 11.3. The quantitative estimate of drug-likeness (QED) is 0.816. The van der Waals surface area contributed by atoms with E-state index in [0.717, 1.165) is 18.8 Å². The van der Waals surface area contributed by atoms with Crippen LogP contribution in [0.25, 0.3) is 0 Å². The Labute approximate surface area is 112 Å². The van der Waals surface area contributed by atoms with Gasteiger partial charge in [-0.15, -0.1) is 16.7 Å². The fourth-order valence-electron chi connectivity index (χ4n) is 1.85. The molecule has 1 unspecified atom stereocenters. The summed E-state index contributed by atoms with van der Waals surface area (Å²) >= 11 is 6.02. The average molecular weight is 265 g/mol. The molecule has 0 saturated carbocycles. The van der Waals surface area contributed by atoms with Gasteiger partial charge >= 0.3 is 0 Å². The first-order chi connectivity index (χ1) is 8.83. The minimum absolute atomic E-state index is 0.179. The molecule has 0 aliphatic carbocycles. The maximum absolute atomic E-state index is 6.02. The van der Waals surface area contributed by atoms with Crippen LogP contribution in [-0.4, -0.2) is 26.9 Å². The highest BCUT2D eigenvalue weighted by Gasteiger charge is 2.11. The lowest BCUT2D eigenvalue weighted by atomic mass is 10.1. The van der Waals surface area contributed by atoms with Crippen LogP contribution in [-0.2, 0) is 13.0 Å². The number of anilines is 1. The number of aryl methyl sites for hydroxylation is 1. The summed E-state index contributed by atoms with van der Waals surface area (Å²) < 4.78 is 1.82. The number of hydrogen-bond acceptors (Lipinski definition) is 3. The lowest BCUT2D eigenvalue weighted by Gasteiger charge is -2.17. The lowest BCUT2D eigenvalue weighted by Crippen LogP contribution is -2.25. The third kappa shape index (κ3) is 3.23. The van der Waals surface area contributed by atoms with E-state index in [1.165, 1.54) is 5.56 Å². The first-order valence-corrected chi connectivity index (χ1v) is 6.62. The van der Waals surface area contributed by atoms with Crippen LogP contribution < -0.4 is 5.32 Å². The Hall–Kier alpha value is -1.55. The van der Waals surface area contributed by atoms with Gasteiger partial charge in [0.15, 0.2) is 0 Å². The van der Waals surface area contributed by atoms with Crippen molar-refractivity contribution in [2.45, 2.75) is 25.9 Å². The topological polar surface area (TPSA) is 42.7 Å². The van der Waals surface area contributed by atoms with Gasteiger partial charge in [0, 0.05) is 18.5 Å². The molecule has 0 aliphatic heterocycles. The van der Waals surface area contributed by atoms with Crippen molar-refractivity contribution in [3.8, 4) is 0 Å². The molecule has 0 saturated heterocycles. The Morgan fingerprint density at radius 1 is 1.33 bits per heavy atom. The van der Waals surface area contributed by atoms with Crippen LogP contribution >= 0.6 is 11.6 Å². The third-order valence-electron chi connectivity index (χ3n) is 2.78. The molecule has 18 heavy (non-hydrogen) atoms. The Kier molecular flexibility index (Phi) is 4.59. The summed E-state index contributed by atoms with van der Waals surface area (Å²) in [5.74, 6) is 1.46. The first-order valence-electron chi connectivity index (χ1n) is 6.08. The zero-order chi connectivity index (χ0) is 12.8. The number of nitrogens with zero attached hydrogens (tertiary/aromatic N) is 3. The van der Waals surface area contributed by atoms with E-state index in [1.807, 2.05) is 29.8 Å². The van der Waals surface area contributed by atoms with Crippen LogP contribution in [0.2, 0.25) is 0 Å². The molecule has 1 N–H and O–H groups in total. The molecule has 2 rings (SSSR count). The van der Waals surface area contributed by atoms with E-state index >= 15 is 0 Å². The summed E-state index contributed by atoms with van der Waals surface area (Å²) in [4.78, 5) is 0. The number of halogens is 1. The largest absolute Gasteiger partial charge is 0.365 e. The molecule has 0 aliphatic rings. The van der Waals surface area contributed by atoms with Crippen molar-refractivity contribution in [2.75, 3.05) is 11.2 Å². The number of rotatable bonds is 6. The van der Waals surface area contributed by atoms with Gasteiger partial charge in [0.1, 0.15) is 5.82 Å². The van der Waals surface area contributed by atoms with Gasteiger partial charge in [-0.1, -0.05) is 35.5 Å². The summed E-state index contributed by atoms with van der Waals surface area (Å²) in [6, 6.07) is 10.5. The molecule has 1 atom stereocenters. The number of aromatic nitrogens is 3. The van der Waals surface area contributed by atoms with Crippen molar-refractivity contribution >= 4 is 17.4 Å². The predicted molar refractivity (Wildman–Crippen MR) is 74.0 cm³/mol. The number of benzene rings is 1. The highest BCUT2D eigenvalue weighted by Crippen LogP contribution is 2.11. The van der Waals surface area contributed by atoms with Crippen LogP contribution in [0.3, 0.4) is 0 Å². The minimum Gasteiger partial charge on any atom is -0.365 e. The maximum Gasteiger partial charge on any atom is 0.145 e. The highest BCUT2D eigenvalue weighted by molar-refractivity contribution is 6.18. The molecule has 1 heterocycles. The van der Waals surface area contributed by atoms with Crippen LogP contribution in [0.1, 0.15) is 12.5 Å². The Bertz CT molecular complexity index is 469. The molecule has 5 heteroatoms. The molecule has 0 amide bonds. The molecule has 4 nitrogen and oxygen atoms in total. The summed E-state index contributed by atoms with van der Waals surface area (Å²) in [5.41, 5.74) is 1.27. The SMILES string of the molecule is CCn1nncc1NC(CCl)Cc1ccccc1. The van der Waals surface area contributed by atoms with Crippen molar-refractivity contribution in [3.05, 3.63) is 42.1 Å². The van der Waals surface area contributed by atoms with Gasteiger partial charge in [0.05, 0.1) is 6.20 Å². The van der Waals surface area contributed by atoms with E-state index in [4.69, 9.17) is 11.6 Å². The Morgan fingerprint density at radius 2 is 2.11 bits per heavy atom. The number of nitrogens with one attached hydrogen (secondary N) is 1. The fraction of sp³-hybridized carbons (Fsp3) is 0.385. The van der Waals surface area contributed by atoms with Crippen molar-refractivity contribution < 1.29 is 0 Å². The van der Waals surface area contributed by atoms with Crippen LogP contribution in [0.5, 0.6) is 0 Å². The van der Waals surface area contributed by atoms with Crippen molar-refractivity contribution in [1.82, 2.24) is 15.0 Å². The van der Waals surface area contributed by atoms with E-state index in [0.29, 0.717) is 5.88 Å². The lowest BCUT2D eigenvalue weighted by molar-refractivity contribution is 0.624. The van der Waals surface area contributed by atoms with Gasteiger partial charge in [0.2, 0.25) is 0 Å². The molecule has 96 valence electrons. The Balaban J connectivity index is 2.02. The third-order valence-corrected chi connectivity index (χ3v) is 3.15. The van der Waals surface area contributed by atoms with Crippen LogP contribution in [0.4, 0.5) is 5.82 Å². The van der Waals surface area contributed by atoms with Gasteiger partial charge in [-0.05, 0) is 18.9 Å². The molecule has 0 bridgehead atoms. The molecule has 1 aromatic carbocycles. The normalized spacial score (nSPS) is 12.3. The van der Waals surface area contributed by atoms with Gasteiger partial charge in [0.25, 0.3) is 0 Å². The second kappa shape index (κ2) is 6.40. The van der Waals surface area contributed by atoms with E-state index in [9.17, 15) is 0 Å². The molecule has 1 aromatic heterocycles.